The van der Waals surface area contributed by atoms with Crippen LogP contribution < -0.4 is 5.32 Å². The highest BCUT2D eigenvalue weighted by Crippen LogP contribution is 2.20. The van der Waals surface area contributed by atoms with E-state index >= 15 is 0 Å². The van der Waals surface area contributed by atoms with Gasteiger partial charge in [-0.3, -0.25) is 4.79 Å². The van der Waals surface area contributed by atoms with E-state index in [1.807, 2.05) is 25.1 Å². The van der Waals surface area contributed by atoms with Crippen molar-refractivity contribution in [2.45, 2.75) is 33.1 Å². The van der Waals surface area contributed by atoms with Gasteiger partial charge < -0.3 is 5.32 Å². The molecule has 0 heterocycles. The number of hydrogen-bond donors (Lipinski definition) is 1. The molecule has 0 bridgehead atoms. The van der Waals surface area contributed by atoms with E-state index in [0.29, 0.717) is 6.42 Å². The van der Waals surface area contributed by atoms with E-state index < -0.39 is 0 Å². The minimum absolute atomic E-state index is 0.0993. The van der Waals surface area contributed by atoms with Gasteiger partial charge in [0.1, 0.15) is 0 Å². The number of carbonyl (C=O) groups excluding carboxylic acids is 1. The first kappa shape index (κ1) is 12.2. The van der Waals surface area contributed by atoms with Crippen molar-refractivity contribution >= 4 is 27.5 Å². The lowest BCUT2D eigenvalue weighted by Crippen LogP contribution is -2.11. The maximum atomic E-state index is 11.5. The molecule has 0 aliphatic heterocycles. The van der Waals surface area contributed by atoms with Crippen molar-refractivity contribution in [2.75, 3.05) is 5.32 Å². The molecule has 0 saturated heterocycles. The van der Waals surface area contributed by atoms with Crippen LogP contribution in [0.5, 0.6) is 0 Å². The molecular weight excluding hydrogens is 254 g/mol. The van der Waals surface area contributed by atoms with Crippen molar-refractivity contribution < 1.29 is 4.79 Å². The summed E-state index contributed by atoms with van der Waals surface area (Å²) >= 11 is 3.39. The van der Waals surface area contributed by atoms with Gasteiger partial charge >= 0.3 is 0 Å². The van der Waals surface area contributed by atoms with E-state index in [9.17, 15) is 4.79 Å². The Kier molecular flexibility index (Phi) is 4.82. The number of benzene rings is 1. The highest BCUT2D eigenvalue weighted by molar-refractivity contribution is 9.10. The van der Waals surface area contributed by atoms with Gasteiger partial charge in [-0.25, -0.2) is 0 Å². The number of carbonyl (C=O) groups is 1. The van der Waals surface area contributed by atoms with E-state index in [1.165, 1.54) is 0 Å². The molecule has 1 N–H and O–H groups in total. The zero-order chi connectivity index (χ0) is 11.3. The van der Waals surface area contributed by atoms with E-state index in [4.69, 9.17) is 0 Å². The molecule has 1 rings (SSSR count). The maximum absolute atomic E-state index is 11.5. The SMILES string of the molecule is CCCCC(=O)Nc1ccc(Br)cc1C. The zero-order valence-electron chi connectivity index (χ0n) is 9.14. The van der Waals surface area contributed by atoms with Crippen LogP contribution >= 0.6 is 15.9 Å². The summed E-state index contributed by atoms with van der Waals surface area (Å²) in [5, 5.41) is 2.91. The van der Waals surface area contributed by atoms with Crippen LogP contribution in [0.4, 0.5) is 5.69 Å². The molecule has 3 heteroatoms. The summed E-state index contributed by atoms with van der Waals surface area (Å²) in [6, 6.07) is 5.85. The van der Waals surface area contributed by atoms with Gasteiger partial charge in [0.05, 0.1) is 0 Å². The minimum Gasteiger partial charge on any atom is -0.326 e. The van der Waals surface area contributed by atoms with Gasteiger partial charge in [0.25, 0.3) is 0 Å². The van der Waals surface area contributed by atoms with Crippen LogP contribution in [0.2, 0.25) is 0 Å². The lowest BCUT2D eigenvalue weighted by molar-refractivity contribution is -0.116. The fraction of sp³-hybridized carbons (Fsp3) is 0.417. The number of nitrogens with one attached hydrogen (secondary N) is 1. The van der Waals surface area contributed by atoms with E-state index in [2.05, 4.69) is 28.2 Å². The molecule has 1 amide bonds. The van der Waals surface area contributed by atoms with Gasteiger partial charge in [-0.15, -0.1) is 0 Å². The van der Waals surface area contributed by atoms with Gasteiger partial charge in [0.2, 0.25) is 5.91 Å². The summed E-state index contributed by atoms with van der Waals surface area (Å²) in [5.74, 6) is 0.0993. The Morgan fingerprint density at radius 2 is 2.20 bits per heavy atom. The number of amides is 1. The summed E-state index contributed by atoms with van der Waals surface area (Å²) in [4.78, 5) is 11.5. The van der Waals surface area contributed by atoms with Crippen LogP contribution in [0, 0.1) is 6.92 Å². The van der Waals surface area contributed by atoms with Crippen LogP contribution in [-0.4, -0.2) is 5.91 Å². The monoisotopic (exact) mass is 269 g/mol. The Hall–Kier alpha value is -0.830. The summed E-state index contributed by atoms with van der Waals surface area (Å²) in [6.07, 6.45) is 2.60. The first-order valence-electron chi connectivity index (χ1n) is 5.19. The maximum Gasteiger partial charge on any atom is 0.224 e. The van der Waals surface area contributed by atoms with Crippen molar-refractivity contribution in [3.63, 3.8) is 0 Å². The fourth-order valence-corrected chi connectivity index (χ4v) is 1.79. The molecule has 0 aliphatic rings. The van der Waals surface area contributed by atoms with E-state index in [1.54, 1.807) is 0 Å². The summed E-state index contributed by atoms with van der Waals surface area (Å²) in [7, 11) is 0. The molecule has 15 heavy (non-hydrogen) atoms. The van der Waals surface area contributed by atoms with E-state index in [0.717, 1.165) is 28.6 Å². The average Bonchev–Trinajstić information content (AvgIpc) is 2.19. The van der Waals surface area contributed by atoms with Crippen LogP contribution in [0.1, 0.15) is 31.7 Å². The van der Waals surface area contributed by atoms with Crippen molar-refractivity contribution in [3.05, 3.63) is 28.2 Å². The molecule has 0 radical (unpaired) electrons. The number of hydrogen-bond acceptors (Lipinski definition) is 1. The highest BCUT2D eigenvalue weighted by atomic mass is 79.9. The third-order valence-electron chi connectivity index (χ3n) is 2.22. The molecule has 0 saturated carbocycles. The van der Waals surface area contributed by atoms with Crippen molar-refractivity contribution in [3.8, 4) is 0 Å². The molecule has 82 valence electrons. The fourth-order valence-electron chi connectivity index (χ4n) is 1.32. The predicted octanol–water partition coefficient (Wildman–Crippen LogP) is 3.89. The van der Waals surface area contributed by atoms with Gasteiger partial charge in [0, 0.05) is 16.6 Å². The predicted molar refractivity (Wildman–Crippen MR) is 67.0 cm³/mol. The van der Waals surface area contributed by atoms with Crippen LogP contribution in [-0.2, 0) is 4.79 Å². The summed E-state index contributed by atoms with van der Waals surface area (Å²) in [5.41, 5.74) is 1.98. The Labute approximate surface area is 99.2 Å². The van der Waals surface area contributed by atoms with Gasteiger partial charge in [0.15, 0.2) is 0 Å². The molecular formula is C12H16BrNO. The average molecular weight is 270 g/mol. The topological polar surface area (TPSA) is 29.1 Å². The van der Waals surface area contributed by atoms with Crippen molar-refractivity contribution in [2.24, 2.45) is 0 Å². The van der Waals surface area contributed by atoms with Gasteiger partial charge in [-0.1, -0.05) is 29.3 Å². The number of rotatable bonds is 4. The van der Waals surface area contributed by atoms with Gasteiger partial charge in [-0.2, -0.15) is 0 Å². The molecule has 0 aliphatic carbocycles. The standard InChI is InChI=1S/C12H16BrNO/c1-3-4-5-12(15)14-11-7-6-10(13)8-9(11)2/h6-8H,3-5H2,1-2H3,(H,14,15). The minimum atomic E-state index is 0.0993. The number of halogens is 1. The quantitative estimate of drug-likeness (QED) is 0.883. The summed E-state index contributed by atoms with van der Waals surface area (Å²) < 4.78 is 1.03. The Balaban J connectivity index is 2.60. The van der Waals surface area contributed by atoms with Gasteiger partial charge in [-0.05, 0) is 37.1 Å². The Morgan fingerprint density at radius 3 is 2.80 bits per heavy atom. The number of unbranched alkanes of at least 4 members (excludes halogenated alkanes) is 1. The number of aryl methyl sites for hydroxylation is 1. The third kappa shape index (κ3) is 4.04. The van der Waals surface area contributed by atoms with Crippen molar-refractivity contribution in [1.82, 2.24) is 0 Å². The van der Waals surface area contributed by atoms with Crippen molar-refractivity contribution in [1.29, 1.82) is 0 Å². The van der Waals surface area contributed by atoms with Crippen LogP contribution in [0.3, 0.4) is 0 Å². The smallest absolute Gasteiger partial charge is 0.224 e. The molecule has 0 spiro atoms. The second kappa shape index (κ2) is 5.91. The lowest BCUT2D eigenvalue weighted by atomic mass is 10.2. The molecule has 0 aromatic heterocycles. The third-order valence-corrected chi connectivity index (χ3v) is 2.71. The molecule has 0 atom stereocenters. The molecule has 0 unspecified atom stereocenters. The normalized spacial score (nSPS) is 10.1. The summed E-state index contributed by atoms with van der Waals surface area (Å²) in [6.45, 7) is 4.07. The number of anilines is 1. The second-order valence-electron chi connectivity index (χ2n) is 3.61. The van der Waals surface area contributed by atoms with Crippen LogP contribution in [0.25, 0.3) is 0 Å². The highest BCUT2D eigenvalue weighted by Gasteiger charge is 2.03. The molecule has 0 fully saturated rings. The molecule has 1 aromatic carbocycles. The second-order valence-corrected chi connectivity index (χ2v) is 4.53. The largest absolute Gasteiger partial charge is 0.326 e. The van der Waals surface area contributed by atoms with E-state index in [-0.39, 0.29) is 5.91 Å². The lowest BCUT2D eigenvalue weighted by Gasteiger charge is -2.08. The Bertz CT molecular complexity index is 349. The first-order valence-corrected chi connectivity index (χ1v) is 5.98. The molecule has 2 nitrogen and oxygen atoms in total. The zero-order valence-corrected chi connectivity index (χ0v) is 10.7. The Morgan fingerprint density at radius 1 is 1.47 bits per heavy atom. The van der Waals surface area contributed by atoms with Crippen LogP contribution in [0.15, 0.2) is 22.7 Å². The molecule has 1 aromatic rings. The first-order chi connectivity index (χ1) is 7.13.